The van der Waals surface area contributed by atoms with Crippen molar-refractivity contribution in [2.75, 3.05) is 24.4 Å². The van der Waals surface area contributed by atoms with Gasteiger partial charge in [0.2, 0.25) is 5.91 Å². The van der Waals surface area contributed by atoms with E-state index >= 15 is 0 Å². The molecule has 3 rings (SSSR count). The van der Waals surface area contributed by atoms with Gasteiger partial charge in [-0.1, -0.05) is 31.2 Å². The van der Waals surface area contributed by atoms with Crippen molar-refractivity contribution in [3.05, 3.63) is 36.4 Å². The number of hydrogen-bond acceptors (Lipinski definition) is 4. The van der Waals surface area contributed by atoms with E-state index in [-0.39, 0.29) is 18.0 Å². The van der Waals surface area contributed by atoms with Crippen LogP contribution < -0.4 is 4.31 Å². The van der Waals surface area contributed by atoms with Gasteiger partial charge in [-0.25, -0.2) is 8.42 Å². The van der Waals surface area contributed by atoms with Crippen LogP contribution in [0.25, 0.3) is 10.8 Å². The van der Waals surface area contributed by atoms with Gasteiger partial charge in [0, 0.05) is 19.0 Å². The van der Waals surface area contributed by atoms with Crippen LogP contribution in [0.15, 0.2) is 41.3 Å². The smallest absolute Gasteiger partial charge is 0.308 e. The Morgan fingerprint density at radius 2 is 1.84 bits per heavy atom. The predicted octanol–water partition coefficient (Wildman–Crippen LogP) is 1.53. The lowest BCUT2D eigenvalue weighted by Gasteiger charge is -2.24. The number of carbonyl (C=O) groups is 2. The highest BCUT2D eigenvalue weighted by Crippen LogP contribution is 2.41. The molecular weight excluding hydrogens is 344 g/mol. The summed E-state index contributed by atoms with van der Waals surface area (Å²) in [5.41, 5.74) is 0.473. The second-order valence-electron chi connectivity index (χ2n) is 6.16. The fraction of sp³-hybridized carbons (Fsp3) is 0.294. The molecular formula is C17H18N2O5S. The monoisotopic (exact) mass is 362 g/mol. The molecule has 0 bridgehead atoms. The third kappa shape index (κ3) is 2.82. The quantitative estimate of drug-likeness (QED) is 0.870. The van der Waals surface area contributed by atoms with E-state index in [1.807, 2.05) is 12.1 Å². The number of carbonyl (C=O) groups excluding carboxylic acids is 1. The lowest BCUT2D eigenvalue weighted by Crippen LogP contribution is -2.42. The number of carboxylic acids is 1. The minimum absolute atomic E-state index is 0.0131. The molecule has 8 heteroatoms. The lowest BCUT2D eigenvalue weighted by atomic mass is 10.1. The van der Waals surface area contributed by atoms with Crippen molar-refractivity contribution in [3.8, 4) is 0 Å². The molecule has 0 spiro atoms. The van der Waals surface area contributed by atoms with E-state index < -0.39 is 27.8 Å². The van der Waals surface area contributed by atoms with Crippen LogP contribution in [0.2, 0.25) is 0 Å². The standard InChI is InChI=1S/C17H18N2O5S/c1-11(17(21)22)9-18(2)15(20)10-19-13-7-3-5-12-6-4-8-14(16(12)13)25(19,23)24/h3-8,11H,9-10H2,1-2H3,(H,21,22). The first-order chi connectivity index (χ1) is 11.7. The molecule has 0 aromatic heterocycles. The van der Waals surface area contributed by atoms with Gasteiger partial charge in [-0.05, 0) is 17.5 Å². The van der Waals surface area contributed by atoms with Gasteiger partial charge in [0.1, 0.15) is 6.54 Å². The average molecular weight is 362 g/mol. The summed E-state index contributed by atoms with van der Waals surface area (Å²) < 4.78 is 26.7. The zero-order valence-corrected chi connectivity index (χ0v) is 14.7. The number of likely N-dealkylation sites (N-methyl/N-ethyl adjacent to an activating group) is 1. The molecule has 1 aliphatic heterocycles. The van der Waals surface area contributed by atoms with E-state index in [1.54, 1.807) is 18.2 Å². The molecule has 7 nitrogen and oxygen atoms in total. The van der Waals surface area contributed by atoms with Gasteiger partial charge < -0.3 is 10.0 Å². The molecule has 1 unspecified atom stereocenters. The largest absolute Gasteiger partial charge is 0.481 e. The molecule has 1 aliphatic rings. The highest BCUT2D eigenvalue weighted by Gasteiger charge is 2.37. The number of nitrogens with zero attached hydrogens (tertiary/aromatic N) is 2. The van der Waals surface area contributed by atoms with Crippen molar-refractivity contribution in [1.29, 1.82) is 0 Å². The summed E-state index contributed by atoms with van der Waals surface area (Å²) in [6.45, 7) is 1.15. The third-order valence-electron chi connectivity index (χ3n) is 4.36. The van der Waals surface area contributed by atoms with Crippen LogP contribution in [0.3, 0.4) is 0 Å². The number of carboxylic acid groups (broad SMARTS) is 1. The SMILES string of the molecule is CC(CN(C)C(=O)CN1c2cccc3cccc(c23)S1(=O)=O)C(=O)O. The first kappa shape index (κ1) is 17.2. The minimum Gasteiger partial charge on any atom is -0.481 e. The van der Waals surface area contributed by atoms with Gasteiger partial charge in [0.25, 0.3) is 10.0 Å². The zero-order chi connectivity index (χ0) is 18.4. The molecule has 0 fully saturated rings. The second kappa shape index (κ2) is 6.03. The summed E-state index contributed by atoms with van der Waals surface area (Å²) in [5, 5.41) is 10.4. The van der Waals surface area contributed by atoms with Crippen molar-refractivity contribution >= 4 is 38.4 Å². The minimum atomic E-state index is -3.80. The molecule has 0 saturated carbocycles. The Bertz CT molecular complexity index is 965. The third-order valence-corrected chi connectivity index (χ3v) is 6.16. The summed E-state index contributed by atoms with van der Waals surface area (Å²) in [4.78, 5) is 24.8. The highest BCUT2D eigenvalue weighted by molar-refractivity contribution is 7.93. The Morgan fingerprint density at radius 1 is 1.20 bits per heavy atom. The Labute approximate surface area is 145 Å². The van der Waals surface area contributed by atoms with E-state index in [0.717, 1.165) is 9.69 Å². The van der Waals surface area contributed by atoms with E-state index in [0.29, 0.717) is 11.1 Å². The lowest BCUT2D eigenvalue weighted by molar-refractivity contribution is -0.142. The van der Waals surface area contributed by atoms with Crippen molar-refractivity contribution in [3.63, 3.8) is 0 Å². The van der Waals surface area contributed by atoms with Gasteiger partial charge in [0.15, 0.2) is 0 Å². The van der Waals surface area contributed by atoms with Crippen LogP contribution in [0.4, 0.5) is 5.69 Å². The summed E-state index contributed by atoms with van der Waals surface area (Å²) in [6, 6.07) is 10.3. The normalized spacial score (nSPS) is 16.0. The van der Waals surface area contributed by atoms with Gasteiger partial charge >= 0.3 is 5.97 Å². The van der Waals surface area contributed by atoms with Crippen molar-refractivity contribution in [2.24, 2.45) is 5.92 Å². The highest BCUT2D eigenvalue weighted by atomic mass is 32.2. The first-order valence-corrected chi connectivity index (χ1v) is 9.18. The number of benzene rings is 2. The van der Waals surface area contributed by atoms with Gasteiger partial charge in [-0.15, -0.1) is 0 Å². The average Bonchev–Trinajstić information content (AvgIpc) is 2.78. The second-order valence-corrected chi connectivity index (χ2v) is 7.99. The van der Waals surface area contributed by atoms with Crippen LogP contribution in [0.5, 0.6) is 0 Å². The van der Waals surface area contributed by atoms with Crippen molar-refractivity contribution in [1.82, 2.24) is 4.90 Å². The number of sulfonamides is 1. The summed E-state index contributed by atoms with van der Waals surface area (Å²) in [6.07, 6.45) is 0. The molecule has 2 aromatic carbocycles. The molecule has 1 atom stereocenters. The predicted molar refractivity (Wildman–Crippen MR) is 92.9 cm³/mol. The van der Waals surface area contributed by atoms with Crippen LogP contribution in [-0.4, -0.2) is 50.4 Å². The van der Waals surface area contributed by atoms with E-state index in [4.69, 9.17) is 5.11 Å². The molecule has 0 aliphatic carbocycles. The topological polar surface area (TPSA) is 95.0 Å². The fourth-order valence-electron chi connectivity index (χ4n) is 2.96. The van der Waals surface area contributed by atoms with Crippen LogP contribution >= 0.6 is 0 Å². The summed E-state index contributed by atoms with van der Waals surface area (Å²) in [7, 11) is -2.33. The van der Waals surface area contributed by atoms with E-state index in [2.05, 4.69) is 0 Å². The van der Waals surface area contributed by atoms with E-state index in [9.17, 15) is 18.0 Å². The van der Waals surface area contributed by atoms with Crippen molar-refractivity contribution < 1.29 is 23.1 Å². The molecule has 1 N–H and O–H groups in total. The summed E-state index contributed by atoms with van der Waals surface area (Å²) in [5.74, 6) is -2.20. The maximum atomic E-state index is 12.8. The number of anilines is 1. The first-order valence-electron chi connectivity index (χ1n) is 7.74. The van der Waals surface area contributed by atoms with Gasteiger partial charge in [0.05, 0.1) is 16.5 Å². The maximum absolute atomic E-state index is 12.8. The molecule has 25 heavy (non-hydrogen) atoms. The number of hydrogen-bond donors (Lipinski definition) is 1. The molecule has 2 aromatic rings. The van der Waals surface area contributed by atoms with E-state index in [1.165, 1.54) is 24.9 Å². The fourth-order valence-corrected chi connectivity index (χ4v) is 4.62. The number of rotatable bonds is 5. The molecule has 1 heterocycles. The summed E-state index contributed by atoms with van der Waals surface area (Å²) >= 11 is 0. The van der Waals surface area contributed by atoms with Gasteiger partial charge in [-0.2, -0.15) is 0 Å². The van der Waals surface area contributed by atoms with Crippen LogP contribution in [0, 0.1) is 5.92 Å². The van der Waals surface area contributed by atoms with Crippen LogP contribution in [-0.2, 0) is 19.6 Å². The maximum Gasteiger partial charge on any atom is 0.308 e. The number of amides is 1. The Kier molecular flexibility index (Phi) is 4.16. The van der Waals surface area contributed by atoms with Gasteiger partial charge in [-0.3, -0.25) is 13.9 Å². The molecule has 132 valence electrons. The Balaban J connectivity index is 1.91. The molecule has 1 amide bonds. The van der Waals surface area contributed by atoms with Crippen molar-refractivity contribution in [2.45, 2.75) is 11.8 Å². The Morgan fingerprint density at radius 3 is 2.48 bits per heavy atom. The number of aliphatic carboxylic acids is 1. The molecule has 0 radical (unpaired) electrons. The zero-order valence-electron chi connectivity index (χ0n) is 13.8. The molecule has 0 saturated heterocycles. The van der Waals surface area contributed by atoms with Crippen LogP contribution in [0.1, 0.15) is 6.92 Å². The Hall–Kier alpha value is -2.61.